The number of hydrogen-bond acceptors (Lipinski definition) is 3. The van der Waals surface area contributed by atoms with Crippen molar-refractivity contribution in [2.75, 3.05) is 0 Å². The van der Waals surface area contributed by atoms with Gasteiger partial charge in [-0.05, 0) is 57.8 Å². The molecule has 5 unspecified atom stereocenters. The highest BCUT2D eigenvalue weighted by atomic mass is 16.6. The Bertz CT molecular complexity index is 523. The molecule has 3 heteroatoms. The lowest BCUT2D eigenvalue weighted by molar-refractivity contribution is -0.144. The molecular formula is C19H28O3. The van der Waals surface area contributed by atoms with Gasteiger partial charge in [-0.3, -0.25) is 4.79 Å². The van der Waals surface area contributed by atoms with Crippen molar-refractivity contribution < 1.29 is 14.3 Å². The Hall–Kier alpha value is -0.960. The lowest BCUT2D eigenvalue weighted by Crippen LogP contribution is -2.51. The van der Waals surface area contributed by atoms with E-state index in [-0.39, 0.29) is 22.6 Å². The standard InChI is InChI=1S/C19H28O3/c1-12-5-8-17-19(4,22-17)10-9-15-14(12)11-18(15,3)16(21)7-6-13(2)20/h14-15,17H,1,5-11H2,2-4H3. The second-order valence-electron chi connectivity index (χ2n) is 8.11. The molecular weight excluding hydrogens is 276 g/mol. The Morgan fingerprint density at radius 3 is 2.68 bits per heavy atom. The molecule has 2 saturated carbocycles. The van der Waals surface area contributed by atoms with Gasteiger partial charge in [0.2, 0.25) is 0 Å². The highest BCUT2D eigenvalue weighted by Crippen LogP contribution is 2.60. The first-order valence-corrected chi connectivity index (χ1v) is 8.64. The lowest BCUT2D eigenvalue weighted by Gasteiger charge is -2.53. The zero-order valence-corrected chi connectivity index (χ0v) is 14.1. The van der Waals surface area contributed by atoms with Crippen LogP contribution in [-0.4, -0.2) is 23.3 Å². The number of fused-ring (bicyclic) bond motifs is 2. The quantitative estimate of drug-likeness (QED) is 0.585. The van der Waals surface area contributed by atoms with E-state index < -0.39 is 0 Å². The Kier molecular flexibility index (Phi) is 3.83. The predicted octanol–water partition coefficient (Wildman–Crippen LogP) is 3.85. The minimum Gasteiger partial charge on any atom is -0.366 e. The van der Waals surface area contributed by atoms with E-state index in [1.807, 2.05) is 0 Å². The Balaban J connectivity index is 1.71. The van der Waals surface area contributed by atoms with Crippen LogP contribution in [-0.2, 0) is 14.3 Å². The van der Waals surface area contributed by atoms with Crippen LogP contribution in [0.15, 0.2) is 12.2 Å². The van der Waals surface area contributed by atoms with Crippen LogP contribution in [0.1, 0.15) is 65.7 Å². The minimum absolute atomic E-state index is 0.0358. The third-order valence-corrected chi connectivity index (χ3v) is 6.53. The molecule has 1 heterocycles. The van der Waals surface area contributed by atoms with E-state index >= 15 is 0 Å². The molecule has 0 aromatic carbocycles. The normalized spacial score (nSPS) is 43.8. The molecule has 3 nitrogen and oxygen atoms in total. The fourth-order valence-corrected chi connectivity index (χ4v) is 4.70. The molecule has 2 aliphatic carbocycles. The molecule has 0 aromatic heterocycles. The van der Waals surface area contributed by atoms with Gasteiger partial charge in [0, 0.05) is 18.3 Å². The van der Waals surface area contributed by atoms with Crippen LogP contribution in [0.25, 0.3) is 0 Å². The van der Waals surface area contributed by atoms with Crippen LogP contribution in [0.2, 0.25) is 0 Å². The molecule has 0 aromatic rings. The van der Waals surface area contributed by atoms with Gasteiger partial charge < -0.3 is 9.53 Å². The van der Waals surface area contributed by atoms with Crippen LogP contribution in [0.4, 0.5) is 0 Å². The molecule has 0 N–H and O–H groups in total. The van der Waals surface area contributed by atoms with Crippen LogP contribution in [0.5, 0.6) is 0 Å². The molecule has 0 bridgehead atoms. The molecule has 0 amide bonds. The summed E-state index contributed by atoms with van der Waals surface area (Å²) < 4.78 is 5.87. The maximum atomic E-state index is 12.7. The van der Waals surface area contributed by atoms with E-state index in [4.69, 9.17) is 4.74 Å². The third-order valence-electron chi connectivity index (χ3n) is 6.53. The summed E-state index contributed by atoms with van der Waals surface area (Å²) in [5, 5.41) is 0. The summed E-state index contributed by atoms with van der Waals surface area (Å²) in [5.41, 5.74) is 1.09. The molecule has 3 aliphatic rings. The SMILES string of the molecule is C=C1CCC2OC2(C)CCC2C1CC2(C)C(=O)CCC(C)=O. The van der Waals surface area contributed by atoms with Crippen LogP contribution in [0.3, 0.4) is 0 Å². The maximum Gasteiger partial charge on any atom is 0.139 e. The van der Waals surface area contributed by atoms with Crippen molar-refractivity contribution >= 4 is 11.6 Å². The average Bonchev–Trinajstić information content (AvgIpc) is 3.08. The number of allylic oxidation sites excluding steroid dienone is 1. The summed E-state index contributed by atoms with van der Waals surface area (Å²) in [6.07, 6.45) is 6.29. The number of carbonyl (C=O) groups is 2. The van der Waals surface area contributed by atoms with E-state index in [0.717, 1.165) is 32.1 Å². The van der Waals surface area contributed by atoms with Crippen molar-refractivity contribution in [3.05, 3.63) is 12.2 Å². The number of ether oxygens (including phenoxy) is 1. The van der Waals surface area contributed by atoms with E-state index in [2.05, 4.69) is 20.4 Å². The topological polar surface area (TPSA) is 46.7 Å². The molecule has 5 atom stereocenters. The summed E-state index contributed by atoms with van der Waals surface area (Å²) >= 11 is 0. The Morgan fingerprint density at radius 1 is 1.27 bits per heavy atom. The number of epoxide rings is 1. The van der Waals surface area contributed by atoms with E-state index in [1.54, 1.807) is 6.92 Å². The molecule has 0 radical (unpaired) electrons. The Morgan fingerprint density at radius 2 is 2.00 bits per heavy atom. The van der Waals surface area contributed by atoms with Crippen molar-refractivity contribution in [2.24, 2.45) is 17.3 Å². The van der Waals surface area contributed by atoms with Gasteiger partial charge in [0.1, 0.15) is 11.6 Å². The fraction of sp³-hybridized carbons (Fsp3) is 0.789. The third kappa shape index (κ3) is 2.58. The predicted molar refractivity (Wildman–Crippen MR) is 85.5 cm³/mol. The molecule has 3 fully saturated rings. The smallest absolute Gasteiger partial charge is 0.139 e. The van der Waals surface area contributed by atoms with Gasteiger partial charge in [-0.25, -0.2) is 0 Å². The first kappa shape index (κ1) is 15.9. The molecule has 122 valence electrons. The summed E-state index contributed by atoms with van der Waals surface area (Å²) in [7, 11) is 0. The molecule has 3 rings (SSSR count). The Labute approximate surface area is 133 Å². The molecule has 22 heavy (non-hydrogen) atoms. The van der Waals surface area contributed by atoms with Crippen LogP contribution in [0, 0.1) is 17.3 Å². The molecule has 0 spiro atoms. The zero-order chi connectivity index (χ0) is 16.1. The van der Waals surface area contributed by atoms with Crippen LogP contribution < -0.4 is 0 Å². The highest BCUT2D eigenvalue weighted by molar-refractivity contribution is 5.89. The average molecular weight is 304 g/mol. The van der Waals surface area contributed by atoms with Crippen molar-refractivity contribution in [3.63, 3.8) is 0 Å². The number of ketones is 2. The second kappa shape index (κ2) is 5.30. The first-order valence-electron chi connectivity index (χ1n) is 8.64. The summed E-state index contributed by atoms with van der Waals surface area (Å²) in [6.45, 7) is 10.2. The number of rotatable bonds is 4. The number of Topliss-reactive ketones (excluding diaryl/α,β-unsaturated/α-hetero) is 2. The van der Waals surface area contributed by atoms with Gasteiger partial charge >= 0.3 is 0 Å². The van der Waals surface area contributed by atoms with E-state index in [9.17, 15) is 9.59 Å². The van der Waals surface area contributed by atoms with E-state index in [1.165, 1.54) is 5.57 Å². The summed E-state index contributed by atoms with van der Waals surface area (Å²) in [4.78, 5) is 23.8. The largest absolute Gasteiger partial charge is 0.366 e. The van der Waals surface area contributed by atoms with Crippen molar-refractivity contribution in [1.82, 2.24) is 0 Å². The van der Waals surface area contributed by atoms with Gasteiger partial charge in [0.15, 0.2) is 0 Å². The van der Waals surface area contributed by atoms with Crippen molar-refractivity contribution in [3.8, 4) is 0 Å². The van der Waals surface area contributed by atoms with Crippen molar-refractivity contribution in [2.45, 2.75) is 77.4 Å². The summed E-state index contributed by atoms with van der Waals surface area (Å²) in [6, 6.07) is 0. The van der Waals surface area contributed by atoms with Gasteiger partial charge in [-0.2, -0.15) is 0 Å². The fourth-order valence-electron chi connectivity index (χ4n) is 4.70. The first-order chi connectivity index (χ1) is 10.3. The highest BCUT2D eigenvalue weighted by Gasteiger charge is 2.58. The maximum absolute atomic E-state index is 12.7. The van der Waals surface area contributed by atoms with Crippen molar-refractivity contribution in [1.29, 1.82) is 0 Å². The van der Waals surface area contributed by atoms with Gasteiger partial charge in [0.25, 0.3) is 0 Å². The van der Waals surface area contributed by atoms with Gasteiger partial charge in [0.05, 0.1) is 11.7 Å². The molecule has 1 saturated heterocycles. The van der Waals surface area contributed by atoms with Gasteiger partial charge in [-0.1, -0.05) is 19.1 Å². The van der Waals surface area contributed by atoms with Crippen LogP contribution >= 0.6 is 0 Å². The lowest BCUT2D eigenvalue weighted by atomic mass is 9.49. The van der Waals surface area contributed by atoms with Gasteiger partial charge in [-0.15, -0.1) is 0 Å². The monoisotopic (exact) mass is 304 g/mol. The second-order valence-corrected chi connectivity index (χ2v) is 8.11. The van der Waals surface area contributed by atoms with E-state index in [0.29, 0.717) is 30.8 Å². The summed E-state index contributed by atoms with van der Waals surface area (Å²) in [5.74, 6) is 1.26. The zero-order valence-electron chi connectivity index (χ0n) is 14.1. The number of carbonyl (C=O) groups excluding carboxylic acids is 2. The minimum atomic E-state index is -0.256. The number of hydrogen-bond donors (Lipinski definition) is 0. The molecule has 1 aliphatic heterocycles.